The number of amides is 2. The highest BCUT2D eigenvalue weighted by Crippen LogP contribution is 2.38. The minimum absolute atomic E-state index is 0.242. The van der Waals surface area contributed by atoms with Crippen molar-refractivity contribution in [3.8, 4) is 11.5 Å². The fourth-order valence-corrected chi connectivity index (χ4v) is 4.57. The van der Waals surface area contributed by atoms with Crippen LogP contribution in [0, 0.1) is 0 Å². The molecule has 2 amide bonds. The summed E-state index contributed by atoms with van der Waals surface area (Å²) in [6.07, 6.45) is 1.68. The molecular formula is C19H14Br2N2O4S2. The van der Waals surface area contributed by atoms with Gasteiger partial charge in [0, 0.05) is 10.0 Å². The van der Waals surface area contributed by atoms with Gasteiger partial charge in [-0.25, -0.2) is 0 Å². The van der Waals surface area contributed by atoms with Gasteiger partial charge in [0.25, 0.3) is 11.8 Å². The van der Waals surface area contributed by atoms with E-state index in [2.05, 4.69) is 37.3 Å². The summed E-state index contributed by atoms with van der Waals surface area (Å²) in [5.74, 6) is 0.242. The highest BCUT2D eigenvalue weighted by atomic mass is 79.9. The lowest BCUT2D eigenvalue weighted by atomic mass is 10.2. The molecule has 0 aliphatic carbocycles. The molecule has 2 aromatic rings. The molecule has 2 aromatic carbocycles. The van der Waals surface area contributed by atoms with Crippen LogP contribution in [0.2, 0.25) is 0 Å². The third-order valence-corrected chi connectivity index (χ3v) is 6.29. The Morgan fingerprint density at radius 3 is 2.48 bits per heavy atom. The van der Waals surface area contributed by atoms with Crippen molar-refractivity contribution in [2.24, 2.45) is 0 Å². The number of hydrogen-bond acceptors (Lipinski definition) is 6. The molecule has 1 N–H and O–H groups in total. The molecule has 6 nitrogen and oxygen atoms in total. The first kappa shape index (κ1) is 21.8. The molecule has 1 aliphatic rings. The van der Waals surface area contributed by atoms with Gasteiger partial charge in [-0.15, -0.1) is 0 Å². The molecule has 1 aliphatic heterocycles. The minimum atomic E-state index is -0.427. The number of hydrazine groups is 1. The lowest BCUT2D eigenvalue weighted by molar-refractivity contribution is -0.123. The first-order valence-electron chi connectivity index (χ1n) is 8.10. The summed E-state index contributed by atoms with van der Waals surface area (Å²) in [6.45, 7) is 0. The van der Waals surface area contributed by atoms with Crippen LogP contribution in [0.25, 0.3) is 6.08 Å². The molecule has 0 atom stereocenters. The van der Waals surface area contributed by atoms with Crippen molar-refractivity contribution in [3.63, 3.8) is 0 Å². The van der Waals surface area contributed by atoms with Gasteiger partial charge in [0.05, 0.1) is 23.6 Å². The number of thiocarbonyl (C=S) groups is 1. The SMILES string of the molecule is COc1cc(/C=C2\SC(=S)N(NC(=O)c3ccc(Br)cc3)C2=O)cc(Br)c1OC. The molecule has 10 heteroatoms. The lowest BCUT2D eigenvalue weighted by Crippen LogP contribution is -2.44. The molecule has 0 spiro atoms. The number of hydrogen-bond donors (Lipinski definition) is 1. The highest BCUT2D eigenvalue weighted by Gasteiger charge is 2.34. The number of carbonyl (C=O) groups is 2. The molecule has 1 fully saturated rings. The van der Waals surface area contributed by atoms with Gasteiger partial charge in [-0.3, -0.25) is 15.0 Å². The van der Waals surface area contributed by atoms with Gasteiger partial charge >= 0.3 is 0 Å². The maximum atomic E-state index is 12.8. The molecular weight excluding hydrogens is 544 g/mol. The van der Waals surface area contributed by atoms with Gasteiger partial charge in [-0.1, -0.05) is 27.7 Å². The van der Waals surface area contributed by atoms with Crippen molar-refractivity contribution >= 4 is 78.1 Å². The van der Waals surface area contributed by atoms with Crippen LogP contribution in [0.1, 0.15) is 15.9 Å². The van der Waals surface area contributed by atoms with Crippen LogP contribution in [0.3, 0.4) is 0 Å². The van der Waals surface area contributed by atoms with Crippen LogP contribution in [0.4, 0.5) is 0 Å². The summed E-state index contributed by atoms with van der Waals surface area (Å²) in [6, 6.07) is 10.3. The van der Waals surface area contributed by atoms with Gasteiger partial charge in [0.2, 0.25) is 0 Å². The van der Waals surface area contributed by atoms with Crippen LogP contribution >= 0.6 is 55.8 Å². The normalized spacial score (nSPS) is 15.0. The topological polar surface area (TPSA) is 67.9 Å². The minimum Gasteiger partial charge on any atom is -0.493 e. The maximum Gasteiger partial charge on any atom is 0.285 e. The van der Waals surface area contributed by atoms with Crippen LogP contribution in [-0.4, -0.2) is 35.4 Å². The number of rotatable bonds is 5. The number of nitrogens with zero attached hydrogens (tertiary/aromatic N) is 1. The van der Waals surface area contributed by atoms with Crippen molar-refractivity contribution in [2.75, 3.05) is 14.2 Å². The van der Waals surface area contributed by atoms with Crippen LogP contribution in [-0.2, 0) is 4.79 Å². The third kappa shape index (κ3) is 4.82. The summed E-state index contributed by atoms with van der Waals surface area (Å²) in [4.78, 5) is 25.6. The number of benzene rings is 2. The Morgan fingerprint density at radius 2 is 1.86 bits per heavy atom. The van der Waals surface area contributed by atoms with Crippen LogP contribution < -0.4 is 14.9 Å². The van der Waals surface area contributed by atoms with Crippen LogP contribution in [0.15, 0.2) is 50.2 Å². The molecule has 3 rings (SSSR count). The van der Waals surface area contributed by atoms with Crippen LogP contribution in [0.5, 0.6) is 11.5 Å². The monoisotopic (exact) mass is 556 g/mol. The van der Waals surface area contributed by atoms with E-state index in [-0.39, 0.29) is 4.32 Å². The third-order valence-electron chi connectivity index (χ3n) is 3.87. The summed E-state index contributed by atoms with van der Waals surface area (Å²) in [5.41, 5.74) is 3.68. The standard InChI is InChI=1S/C19H14Br2N2O4S2/c1-26-14-8-10(7-13(21)16(14)27-2)9-15-18(25)23(19(28)29-15)22-17(24)11-3-5-12(20)6-4-11/h3-9H,1-2H3,(H,22,24)/b15-9-. The second kappa shape index (κ2) is 9.29. The molecule has 0 bridgehead atoms. The number of thioether (sulfide) groups is 1. The van der Waals surface area contributed by atoms with E-state index >= 15 is 0 Å². The van der Waals surface area contributed by atoms with Crippen molar-refractivity contribution in [1.29, 1.82) is 0 Å². The molecule has 1 saturated heterocycles. The quantitative estimate of drug-likeness (QED) is 0.422. The van der Waals surface area contributed by atoms with E-state index in [0.29, 0.717) is 32.0 Å². The zero-order chi connectivity index (χ0) is 21.1. The largest absolute Gasteiger partial charge is 0.493 e. The van der Waals surface area contributed by atoms with Gasteiger partial charge in [-0.05, 0) is 76.2 Å². The molecule has 1 heterocycles. The Morgan fingerprint density at radius 1 is 1.17 bits per heavy atom. The average Bonchev–Trinajstić information content (AvgIpc) is 2.95. The van der Waals surface area contributed by atoms with Gasteiger partial charge in [-0.2, -0.15) is 5.01 Å². The van der Waals surface area contributed by atoms with E-state index in [4.69, 9.17) is 21.7 Å². The molecule has 0 unspecified atom stereocenters. The molecule has 150 valence electrons. The molecule has 29 heavy (non-hydrogen) atoms. The number of ether oxygens (including phenoxy) is 2. The average molecular weight is 558 g/mol. The number of halogens is 2. The zero-order valence-electron chi connectivity index (χ0n) is 15.2. The van der Waals surface area contributed by atoms with E-state index in [1.54, 1.807) is 49.6 Å². The van der Waals surface area contributed by atoms with E-state index in [1.165, 1.54) is 7.11 Å². The summed E-state index contributed by atoms with van der Waals surface area (Å²) < 4.78 is 12.4. The van der Waals surface area contributed by atoms with E-state index in [1.807, 2.05) is 0 Å². The predicted molar refractivity (Wildman–Crippen MR) is 124 cm³/mol. The zero-order valence-corrected chi connectivity index (χ0v) is 20.0. The number of methoxy groups -OCH3 is 2. The van der Waals surface area contributed by atoms with Crippen molar-refractivity contribution in [3.05, 3.63) is 61.4 Å². The number of nitrogens with one attached hydrogen (secondary N) is 1. The lowest BCUT2D eigenvalue weighted by Gasteiger charge is -2.15. The Bertz CT molecular complexity index is 1030. The summed E-state index contributed by atoms with van der Waals surface area (Å²) in [5, 5.41) is 1.08. The smallest absolute Gasteiger partial charge is 0.285 e. The van der Waals surface area contributed by atoms with Crippen molar-refractivity contribution in [1.82, 2.24) is 10.4 Å². The fraction of sp³-hybridized carbons (Fsp3) is 0.105. The van der Waals surface area contributed by atoms with E-state index < -0.39 is 11.8 Å². The molecule has 0 radical (unpaired) electrons. The Balaban J connectivity index is 1.82. The van der Waals surface area contributed by atoms with Gasteiger partial charge in [0.1, 0.15) is 0 Å². The first-order valence-corrected chi connectivity index (χ1v) is 10.9. The predicted octanol–water partition coefficient (Wildman–Crippen LogP) is 4.78. The second-order valence-electron chi connectivity index (χ2n) is 5.70. The van der Waals surface area contributed by atoms with Crippen molar-refractivity contribution < 1.29 is 19.1 Å². The Labute approximate surface area is 193 Å². The summed E-state index contributed by atoms with van der Waals surface area (Å²) >= 11 is 13.1. The Kier molecular flexibility index (Phi) is 6.99. The first-order chi connectivity index (χ1) is 13.8. The van der Waals surface area contributed by atoms with Gasteiger partial charge < -0.3 is 9.47 Å². The molecule has 0 aromatic heterocycles. The molecule has 0 saturated carbocycles. The van der Waals surface area contributed by atoms with Crippen molar-refractivity contribution in [2.45, 2.75) is 0 Å². The summed E-state index contributed by atoms with van der Waals surface area (Å²) in [7, 11) is 3.08. The fourth-order valence-electron chi connectivity index (χ4n) is 2.50. The highest BCUT2D eigenvalue weighted by molar-refractivity contribution is 9.10. The second-order valence-corrected chi connectivity index (χ2v) is 9.15. The van der Waals surface area contributed by atoms with E-state index in [9.17, 15) is 9.59 Å². The van der Waals surface area contributed by atoms with E-state index in [0.717, 1.165) is 21.2 Å². The van der Waals surface area contributed by atoms with Gasteiger partial charge in [0.15, 0.2) is 15.8 Å². The number of carbonyl (C=O) groups excluding carboxylic acids is 2. The Hall–Kier alpha value is -1.88. The maximum absolute atomic E-state index is 12.8.